The van der Waals surface area contributed by atoms with Crippen LogP contribution in [0.15, 0.2) is 18.5 Å². The molecule has 0 saturated heterocycles. The van der Waals surface area contributed by atoms with Crippen molar-refractivity contribution in [2.24, 2.45) is 0 Å². The van der Waals surface area contributed by atoms with Gasteiger partial charge in [0.05, 0.1) is 0 Å². The molecule has 54 valence electrons. The summed E-state index contributed by atoms with van der Waals surface area (Å²) in [6, 6.07) is 0. The van der Waals surface area contributed by atoms with Crippen molar-refractivity contribution in [1.82, 2.24) is 9.55 Å². The summed E-state index contributed by atoms with van der Waals surface area (Å²) < 4.78 is 2.06. The van der Waals surface area contributed by atoms with Gasteiger partial charge in [-0.1, -0.05) is 6.08 Å². The van der Waals surface area contributed by atoms with Crippen molar-refractivity contribution in [3.05, 3.63) is 24.3 Å². The van der Waals surface area contributed by atoms with Gasteiger partial charge in [-0.3, -0.25) is 0 Å². The summed E-state index contributed by atoms with van der Waals surface area (Å²) in [5, 5.41) is 0. The third kappa shape index (κ3) is 1.10. The minimum atomic E-state index is 1.04. The first-order valence-corrected chi connectivity index (χ1v) is 3.39. The Morgan fingerprint density at radius 3 is 2.80 bits per heavy atom. The summed E-state index contributed by atoms with van der Waals surface area (Å²) >= 11 is 0. The van der Waals surface area contributed by atoms with E-state index in [2.05, 4.69) is 22.6 Å². The zero-order valence-electron chi connectivity index (χ0n) is 6.63. The lowest BCUT2D eigenvalue weighted by atomic mass is 10.4. The molecule has 0 aliphatic heterocycles. The molecule has 2 nitrogen and oxygen atoms in total. The average Bonchev–Trinajstić information content (AvgIpc) is 2.34. The molecular formula is C8H12N2. The Morgan fingerprint density at radius 1 is 1.70 bits per heavy atom. The van der Waals surface area contributed by atoms with E-state index in [1.54, 1.807) is 0 Å². The minimum absolute atomic E-state index is 1.04. The van der Waals surface area contributed by atoms with Crippen molar-refractivity contribution in [3.63, 3.8) is 0 Å². The molecule has 2 heteroatoms. The molecule has 0 aromatic carbocycles. The van der Waals surface area contributed by atoms with Crippen molar-refractivity contribution in [2.45, 2.75) is 20.8 Å². The maximum absolute atomic E-state index is 4.11. The number of hydrogen-bond donors (Lipinski definition) is 0. The summed E-state index contributed by atoms with van der Waals surface area (Å²) in [5.74, 6) is 1.04. The van der Waals surface area contributed by atoms with Crippen LogP contribution in [-0.4, -0.2) is 9.55 Å². The van der Waals surface area contributed by atoms with E-state index in [-0.39, 0.29) is 0 Å². The lowest BCUT2D eigenvalue weighted by molar-refractivity contribution is 0.987. The first-order valence-electron chi connectivity index (χ1n) is 3.39. The van der Waals surface area contributed by atoms with E-state index in [1.807, 2.05) is 26.2 Å². The van der Waals surface area contributed by atoms with Gasteiger partial charge in [0.2, 0.25) is 0 Å². The molecular weight excluding hydrogens is 124 g/mol. The topological polar surface area (TPSA) is 17.8 Å². The van der Waals surface area contributed by atoms with Crippen molar-refractivity contribution >= 4 is 5.70 Å². The summed E-state index contributed by atoms with van der Waals surface area (Å²) in [7, 11) is 0. The van der Waals surface area contributed by atoms with Crippen LogP contribution >= 0.6 is 0 Å². The zero-order chi connectivity index (χ0) is 7.56. The molecule has 1 rings (SSSR count). The van der Waals surface area contributed by atoms with Crippen LogP contribution < -0.4 is 0 Å². The molecule has 0 amide bonds. The molecule has 1 heterocycles. The van der Waals surface area contributed by atoms with Crippen LogP contribution in [0.5, 0.6) is 0 Å². The Bertz CT molecular complexity index is 246. The monoisotopic (exact) mass is 136 g/mol. The molecule has 1 aromatic heterocycles. The predicted octanol–water partition coefficient (Wildman–Crippen LogP) is 2.07. The highest BCUT2D eigenvalue weighted by molar-refractivity contribution is 5.42. The van der Waals surface area contributed by atoms with Crippen LogP contribution in [0.1, 0.15) is 19.7 Å². The highest BCUT2D eigenvalue weighted by Gasteiger charge is 1.94. The summed E-state index contributed by atoms with van der Waals surface area (Å²) in [5.41, 5.74) is 1.22. The lowest BCUT2D eigenvalue weighted by Gasteiger charge is -2.02. The first kappa shape index (κ1) is 7.06. The van der Waals surface area contributed by atoms with Crippen LogP contribution in [0, 0.1) is 6.92 Å². The second kappa shape index (κ2) is 2.69. The summed E-state index contributed by atoms with van der Waals surface area (Å²) in [6.07, 6.45) is 5.84. The molecule has 10 heavy (non-hydrogen) atoms. The van der Waals surface area contributed by atoms with E-state index in [4.69, 9.17) is 0 Å². The number of aromatic nitrogens is 2. The summed E-state index contributed by atoms with van der Waals surface area (Å²) in [6.45, 7) is 6.08. The quantitative estimate of drug-likeness (QED) is 0.578. The maximum Gasteiger partial charge on any atom is 0.109 e. The van der Waals surface area contributed by atoms with E-state index >= 15 is 0 Å². The SMILES string of the molecule is C/C=C(/C)n1ccnc1C. The fourth-order valence-corrected chi connectivity index (χ4v) is 0.890. The van der Waals surface area contributed by atoms with Crippen molar-refractivity contribution in [2.75, 3.05) is 0 Å². The fourth-order valence-electron chi connectivity index (χ4n) is 0.890. The molecule has 0 unspecified atom stereocenters. The fraction of sp³-hybridized carbons (Fsp3) is 0.375. The van der Waals surface area contributed by atoms with E-state index in [0.717, 1.165) is 5.82 Å². The Labute approximate surface area is 61.2 Å². The number of rotatable bonds is 1. The molecule has 0 radical (unpaired) electrons. The Balaban J connectivity index is 3.05. The van der Waals surface area contributed by atoms with E-state index in [0.29, 0.717) is 0 Å². The number of hydrogen-bond acceptors (Lipinski definition) is 1. The van der Waals surface area contributed by atoms with Crippen molar-refractivity contribution in [1.29, 1.82) is 0 Å². The summed E-state index contributed by atoms with van der Waals surface area (Å²) in [4.78, 5) is 4.11. The third-order valence-corrected chi connectivity index (χ3v) is 1.62. The zero-order valence-corrected chi connectivity index (χ0v) is 6.63. The average molecular weight is 136 g/mol. The van der Waals surface area contributed by atoms with Gasteiger partial charge in [0, 0.05) is 18.1 Å². The van der Waals surface area contributed by atoms with Crippen LogP contribution in [0.25, 0.3) is 5.70 Å². The molecule has 1 aromatic rings. The van der Waals surface area contributed by atoms with Gasteiger partial charge in [-0.25, -0.2) is 4.98 Å². The second-order valence-corrected chi connectivity index (χ2v) is 2.27. The highest BCUT2D eigenvalue weighted by atomic mass is 15.1. The van der Waals surface area contributed by atoms with Crippen LogP contribution in [-0.2, 0) is 0 Å². The van der Waals surface area contributed by atoms with E-state index in [9.17, 15) is 0 Å². The normalized spacial score (nSPS) is 12.1. The minimum Gasteiger partial charge on any atom is -0.308 e. The van der Waals surface area contributed by atoms with E-state index in [1.165, 1.54) is 5.70 Å². The van der Waals surface area contributed by atoms with Gasteiger partial charge in [-0.2, -0.15) is 0 Å². The standard InChI is InChI=1S/C8H12N2/c1-4-7(2)10-6-5-9-8(10)3/h4-6H,1-3H3/b7-4-. The van der Waals surface area contributed by atoms with Crippen molar-refractivity contribution < 1.29 is 0 Å². The van der Waals surface area contributed by atoms with Crippen LogP contribution in [0.4, 0.5) is 0 Å². The predicted molar refractivity (Wildman–Crippen MR) is 42.6 cm³/mol. The number of nitrogens with zero attached hydrogens (tertiary/aromatic N) is 2. The van der Waals surface area contributed by atoms with Gasteiger partial charge in [-0.05, 0) is 20.8 Å². The molecule has 0 atom stereocenters. The third-order valence-electron chi connectivity index (χ3n) is 1.62. The van der Waals surface area contributed by atoms with Gasteiger partial charge in [0.1, 0.15) is 5.82 Å². The van der Waals surface area contributed by atoms with Gasteiger partial charge >= 0.3 is 0 Å². The molecule has 0 bridgehead atoms. The Kier molecular flexibility index (Phi) is 1.90. The number of imidazole rings is 1. The smallest absolute Gasteiger partial charge is 0.109 e. The highest BCUT2D eigenvalue weighted by Crippen LogP contribution is 2.04. The van der Waals surface area contributed by atoms with Crippen molar-refractivity contribution in [3.8, 4) is 0 Å². The van der Waals surface area contributed by atoms with Gasteiger partial charge < -0.3 is 4.57 Å². The molecule has 0 spiro atoms. The van der Waals surface area contributed by atoms with Gasteiger partial charge in [0.15, 0.2) is 0 Å². The molecule has 0 saturated carbocycles. The van der Waals surface area contributed by atoms with Crippen LogP contribution in [0.2, 0.25) is 0 Å². The maximum atomic E-state index is 4.11. The van der Waals surface area contributed by atoms with Gasteiger partial charge in [0.25, 0.3) is 0 Å². The van der Waals surface area contributed by atoms with E-state index < -0.39 is 0 Å². The molecule has 0 aliphatic rings. The lowest BCUT2D eigenvalue weighted by Crippen LogP contribution is -1.93. The Morgan fingerprint density at radius 2 is 2.40 bits per heavy atom. The molecule has 0 aliphatic carbocycles. The molecule has 0 N–H and O–H groups in total. The Hall–Kier alpha value is -1.05. The second-order valence-electron chi connectivity index (χ2n) is 2.27. The largest absolute Gasteiger partial charge is 0.308 e. The van der Waals surface area contributed by atoms with Gasteiger partial charge in [-0.15, -0.1) is 0 Å². The molecule has 0 fully saturated rings. The number of aryl methyl sites for hydroxylation is 1. The number of allylic oxidation sites excluding steroid dienone is 2. The first-order chi connectivity index (χ1) is 4.75. The van der Waals surface area contributed by atoms with Crippen LogP contribution in [0.3, 0.4) is 0 Å².